The van der Waals surface area contributed by atoms with Gasteiger partial charge in [0.1, 0.15) is 11.1 Å². The highest BCUT2D eigenvalue weighted by Gasteiger charge is 2.48. The largest absolute Gasteiger partial charge is 0.465 e. The number of halogens is 1. The van der Waals surface area contributed by atoms with Crippen molar-refractivity contribution in [3.63, 3.8) is 0 Å². The second kappa shape index (κ2) is 8.85. The minimum atomic E-state index is -0.607. The first kappa shape index (κ1) is 24.2. The van der Waals surface area contributed by atoms with Crippen LogP contribution in [0.1, 0.15) is 42.8 Å². The van der Waals surface area contributed by atoms with Crippen LogP contribution >= 0.6 is 0 Å². The number of ether oxygens (including phenoxy) is 2. The highest BCUT2D eigenvalue weighted by Crippen LogP contribution is 2.38. The van der Waals surface area contributed by atoms with Crippen molar-refractivity contribution in [1.29, 1.82) is 0 Å². The van der Waals surface area contributed by atoms with E-state index in [2.05, 4.69) is 25.2 Å². The van der Waals surface area contributed by atoms with Gasteiger partial charge in [0.25, 0.3) is 11.8 Å². The number of carbonyl (C=O) groups excluding carboxylic acids is 2. The lowest BCUT2D eigenvalue weighted by atomic mass is 9.90. The maximum Gasteiger partial charge on any atom is 0.416 e. The van der Waals surface area contributed by atoms with E-state index in [4.69, 9.17) is 19.6 Å². The number of carbonyl (C=O) groups is 2. The SMILES string of the molecule is C[C@H](N)c1nc2cc3c(c(F)c2o1)CC(CN1CCC2(CC1)CN(c1cnc4c(n1)NC(=O)CO4)C(=O)O2)C3. The van der Waals surface area contributed by atoms with Gasteiger partial charge in [-0.2, -0.15) is 0 Å². The number of hydrogen-bond donors (Lipinski definition) is 2. The minimum absolute atomic E-state index is 0.117. The summed E-state index contributed by atoms with van der Waals surface area (Å²) in [7, 11) is 0. The molecule has 3 N–H and O–H groups in total. The van der Waals surface area contributed by atoms with Crippen molar-refractivity contribution in [2.75, 3.05) is 43.0 Å². The van der Waals surface area contributed by atoms with Crippen LogP contribution in [0, 0.1) is 11.7 Å². The van der Waals surface area contributed by atoms with Gasteiger partial charge in [-0.25, -0.2) is 24.1 Å². The summed E-state index contributed by atoms with van der Waals surface area (Å²) in [5.74, 6) is 0.711. The molecule has 1 aliphatic carbocycles. The molecule has 1 spiro atoms. The summed E-state index contributed by atoms with van der Waals surface area (Å²) in [6, 6.07) is 1.54. The molecule has 1 unspecified atom stereocenters. The van der Waals surface area contributed by atoms with Crippen LogP contribution in [0.3, 0.4) is 0 Å². The number of hydrogen-bond acceptors (Lipinski definition) is 10. The molecule has 4 aliphatic rings. The molecule has 2 amide bonds. The van der Waals surface area contributed by atoms with Crippen LogP contribution in [-0.2, 0) is 22.4 Å². The molecule has 13 heteroatoms. The van der Waals surface area contributed by atoms with Gasteiger partial charge in [0.05, 0.1) is 18.8 Å². The Balaban J connectivity index is 0.986. The summed E-state index contributed by atoms with van der Waals surface area (Å²) >= 11 is 0. The van der Waals surface area contributed by atoms with E-state index in [1.54, 1.807) is 6.92 Å². The number of anilines is 2. The van der Waals surface area contributed by atoms with Crippen LogP contribution in [0.2, 0.25) is 0 Å². The molecular weight excluding hydrogens is 509 g/mol. The average molecular weight is 538 g/mol. The van der Waals surface area contributed by atoms with Gasteiger partial charge in [0.15, 0.2) is 29.6 Å². The Bertz CT molecular complexity index is 1500. The molecule has 1 aromatic carbocycles. The first-order valence-corrected chi connectivity index (χ1v) is 13.2. The molecule has 0 saturated carbocycles. The van der Waals surface area contributed by atoms with Crippen molar-refractivity contribution >= 4 is 34.7 Å². The number of oxazole rings is 1. The number of benzene rings is 1. The fourth-order valence-electron chi connectivity index (χ4n) is 6.09. The molecule has 2 fully saturated rings. The molecule has 2 saturated heterocycles. The Hall–Kier alpha value is -3.84. The Labute approximate surface area is 222 Å². The zero-order valence-electron chi connectivity index (χ0n) is 21.4. The van der Waals surface area contributed by atoms with Gasteiger partial charge in [-0.3, -0.25) is 9.69 Å². The molecule has 3 aliphatic heterocycles. The third-order valence-electron chi connectivity index (χ3n) is 8.08. The Morgan fingerprint density at radius 1 is 1.26 bits per heavy atom. The molecule has 3 aromatic rings. The fraction of sp³-hybridized carbons (Fsp3) is 0.500. The number of piperidine rings is 1. The maximum atomic E-state index is 15.2. The van der Waals surface area contributed by atoms with Gasteiger partial charge >= 0.3 is 6.09 Å². The zero-order chi connectivity index (χ0) is 26.9. The lowest BCUT2D eigenvalue weighted by molar-refractivity contribution is -0.118. The number of aromatic nitrogens is 3. The number of likely N-dealkylation sites (tertiary alicyclic amines) is 1. The van der Waals surface area contributed by atoms with Crippen LogP contribution < -0.4 is 20.7 Å². The molecule has 5 heterocycles. The van der Waals surface area contributed by atoms with Gasteiger partial charge in [-0.1, -0.05) is 0 Å². The average Bonchev–Trinajstić information content (AvgIpc) is 3.61. The number of amides is 2. The first-order valence-electron chi connectivity index (χ1n) is 13.2. The molecule has 2 aromatic heterocycles. The highest BCUT2D eigenvalue weighted by molar-refractivity contribution is 5.94. The normalized spacial score (nSPS) is 22.9. The number of rotatable bonds is 4. The van der Waals surface area contributed by atoms with E-state index in [1.807, 2.05) is 6.07 Å². The second-order valence-corrected chi connectivity index (χ2v) is 10.9. The number of nitrogens with one attached hydrogen (secondary N) is 1. The van der Waals surface area contributed by atoms with Crippen molar-refractivity contribution in [1.82, 2.24) is 19.9 Å². The van der Waals surface area contributed by atoms with Crippen molar-refractivity contribution in [3.05, 3.63) is 35.1 Å². The van der Waals surface area contributed by atoms with E-state index in [9.17, 15) is 9.59 Å². The lowest BCUT2D eigenvalue weighted by Crippen LogP contribution is -2.48. The Morgan fingerprint density at radius 2 is 2.08 bits per heavy atom. The summed E-state index contributed by atoms with van der Waals surface area (Å²) < 4.78 is 32.0. The van der Waals surface area contributed by atoms with Crippen molar-refractivity contribution in [2.24, 2.45) is 11.7 Å². The van der Waals surface area contributed by atoms with E-state index in [0.717, 1.165) is 31.6 Å². The predicted octanol–water partition coefficient (Wildman–Crippen LogP) is 2.31. The standard InChI is InChI=1S/C26H28FN7O5/c1-13(28)23-30-17-8-15-6-14(7-16(15)20(27)21(17)38-23)10-33-4-2-26(3-5-33)12-34(25(36)39-26)18-9-29-24-22(31-18)32-19(35)11-37-24/h8-9,13-14H,2-7,10-12,28H2,1H3,(H,31,32,35)/t13-,14?/m0/s1. The second-order valence-electron chi connectivity index (χ2n) is 10.9. The third kappa shape index (κ3) is 4.16. The molecule has 204 valence electrons. The number of fused-ring (bicyclic) bond motifs is 3. The van der Waals surface area contributed by atoms with Crippen LogP contribution in [0.5, 0.6) is 5.88 Å². The van der Waals surface area contributed by atoms with Gasteiger partial charge in [0, 0.05) is 32.5 Å². The topological polar surface area (TPSA) is 149 Å². The maximum absolute atomic E-state index is 15.2. The van der Waals surface area contributed by atoms with E-state index in [0.29, 0.717) is 48.6 Å². The monoisotopic (exact) mass is 537 g/mol. The van der Waals surface area contributed by atoms with Crippen molar-refractivity contribution < 1.29 is 27.9 Å². The smallest absolute Gasteiger partial charge is 0.416 e. The summed E-state index contributed by atoms with van der Waals surface area (Å²) in [6.07, 6.45) is 3.76. The quantitative estimate of drug-likeness (QED) is 0.508. The molecule has 0 bridgehead atoms. The van der Waals surface area contributed by atoms with Gasteiger partial charge in [-0.05, 0) is 42.9 Å². The first-order chi connectivity index (χ1) is 18.8. The van der Waals surface area contributed by atoms with E-state index in [1.165, 1.54) is 11.1 Å². The molecule has 7 rings (SSSR count). The third-order valence-corrected chi connectivity index (χ3v) is 8.08. The Kier molecular flexibility index (Phi) is 5.49. The summed E-state index contributed by atoms with van der Waals surface area (Å²) in [5.41, 5.74) is 7.65. The van der Waals surface area contributed by atoms with Crippen LogP contribution in [-0.4, -0.2) is 70.2 Å². The van der Waals surface area contributed by atoms with Gasteiger partial charge < -0.3 is 29.8 Å². The molecule has 2 atom stereocenters. The van der Waals surface area contributed by atoms with Crippen LogP contribution in [0.25, 0.3) is 11.1 Å². The molecule has 12 nitrogen and oxygen atoms in total. The molecule has 39 heavy (non-hydrogen) atoms. The lowest BCUT2D eigenvalue weighted by Gasteiger charge is -2.38. The van der Waals surface area contributed by atoms with E-state index in [-0.39, 0.29) is 41.5 Å². The number of nitrogens with two attached hydrogens (primary N) is 1. The molecular formula is C26H28FN7O5. The highest BCUT2D eigenvalue weighted by atomic mass is 19.1. The predicted molar refractivity (Wildman–Crippen MR) is 136 cm³/mol. The van der Waals surface area contributed by atoms with Crippen molar-refractivity contribution in [2.45, 2.75) is 44.2 Å². The van der Waals surface area contributed by atoms with Crippen LogP contribution in [0.15, 0.2) is 16.7 Å². The van der Waals surface area contributed by atoms with E-state index < -0.39 is 17.7 Å². The minimum Gasteiger partial charge on any atom is -0.465 e. The summed E-state index contributed by atoms with van der Waals surface area (Å²) in [6.45, 7) is 4.36. The fourth-order valence-corrected chi connectivity index (χ4v) is 6.09. The van der Waals surface area contributed by atoms with E-state index >= 15 is 4.39 Å². The van der Waals surface area contributed by atoms with Gasteiger partial charge in [0.2, 0.25) is 5.89 Å². The summed E-state index contributed by atoms with van der Waals surface area (Å²) in [5, 5.41) is 2.61. The summed E-state index contributed by atoms with van der Waals surface area (Å²) in [4.78, 5) is 41.2. The number of nitrogens with zero attached hydrogens (tertiary/aromatic N) is 5. The van der Waals surface area contributed by atoms with Crippen LogP contribution in [0.4, 0.5) is 20.8 Å². The molecule has 0 radical (unpaired) electrons. The van der Waals surface area contributed by atoms with Crippen molar-refractivity contribution in [3.8, 4) is 5.88 Å². The van der Waals surface area contributed by atoms with Gasteiger partial charge in [-0.15, -0.1) is 0 Å². The zero-order valence-corrected chi connectivity index (χ0v) is 21.4. The Morgan fingerprint density at radius 3 is 2.87 bits per heavy atom.